The van der Waals surface area contributed by atoms with Gasteiger partial charge in [0, 0.05) is 5.56 Å². The fraction of sp³-hybridized carbons (Fsp3) is 0.125. The van der Waals surface area contributed by atoms with Gasteiger partial charge in [0.15, 0.2) is 0 Å². The first kappa shape index (κ1) is 12.9. The molecule has 1 heterocycles. The summed E-state index contributed by atoms with van der Waals surface area (Å²) in [5, 5.41) is 3.38. The zero-order chi connectivity index (χ0) is 14.3. The summed E-state index contributed by atoms with van der Waals surface area (Å²) in [4.78, 5) is 16.7. The van der Waals surface area contributed by atoms with E-state index in [-0.39, 0.29) is 5.91 Å². The van der Waals surface area contributed by atoms with Gasteiger partial charge >= 0.3 is 0 Å². The third-order valence-electron chi connectivity index (χ3n) is 3.40. The van der Waals surface area contributed by atoms with Gasteiger partial charge in [-0.15, -0.1) is 0 Å². The highest BCUT2D eigenvalue weighted by Crippen LogP contribution is 2.34. The molecule has 0 atom stereocenters. The molecular formula is C16H13ClN2O. The van der Waals surface area contributed by atoms with Gasteiger partial charge in [-0.3, -0.25) is 4.79 Å². The van der Waals surface area contributed by atoms with E-state index >= 15 is 0 Å². The second-order valence-corrected chi connectivity index (χ2v) is 5.22. The van der Waals surface area contributed by atoms with E-state index in [1.807, 2.05) is 44.2 Å². The summed E-state index contributed by atoms with van der Waals surface area (Å²) in [6.45, 7) is 3.90. The molecule has 3 nitrogen and oxygen atoms in total. The predicted octanol–water partition coefficient (Wildman–Crippen LogP) is 4.03. The molecule has 0 aliphatic carbocycles. The Morgan fingerprint density at radius 1 is 1.05 bits per heavy atom. The zero-order valence-electron chi connectivity index (χ0n) is 11.2. The molecule has 100 valence electrons. The van der Waals surface area contributed by atoms with Gasteiger partial charge in [0.05, 0.1) is 16.4 Å². The summed E-state index contributed by atoms with van der Waals surface area (Å²) in [6.07, 6.45) is 0. The van der Waals surface area contributed by atoms with Crippen LogP contribution in [0.5, 0.6) is 0 Å². The van der Waals surface area contributed by atoms with Crippen LogP contribution in [0.15, 0.2) is 41.4 Å². The van der Waals surface area contributed by atoms with E-state index in [1.165, 1.54) is 0 Å². The number of aryl methyl sites for hydroxylation is 2. The molecule has 0 saturated heterocycles. The zero-order valence-corrected chi connectivity index (χ0v) is 12.0. The number of aliphatic imine (C=N–C) groups is 1. The summed E-state index contributed by atoms with van der Waals surface area (Å²) in [7, 11) is 0. The Morgan fingerprint density at radius 3 is 2.55 bits per heavy atom. The number of rotatable bonds is 1. The summed E-state index contributed by atoms with van der Waals surface area (Å²) in [5.74, 6) is -0.209. The van der Waals surface area contributed by atoms with Crippen LogP contribution < -0.4 is 5.32 Å². The van der Waals surface area contributed by atoms with Gasteiger partial charge in [0.25, 0.3) is 5.91 Å². The maximum Gasteiger partial charge on any atom is 0.275 e. The van der Waals surface area contributed by atoms with Crippen LogP contribution in [0.25, 0.3) is 0 Å². The van der Waals surface area contributed by atoms with E-state index in [9.17, 15) is 4.79 Å². The maximum absolute atomic E-state index is 12.2. The van der Waals surface area contributed by atoms with Crippen molar-refractivity contribution < 1.29 is 4.79 Å². The highest BCUT2D eigenvalue weighted by Gasteiger charge is 2.29. The van der Waals surface area contributed by atoms with Gasteiger partial charge in [0.2, 0.25) is 0 Å². The minimum atomic E-state index is -0.209. The summed E-state index contributed by atoms with van der Waals surface area (Å²) in [6, 6.07) is 11.4. The molecule has 3 rings (SSSR count). The molecule has 20 heavy (non-hydrogen) atoms. The molecule has 0 fully saturated rings. The van der Waals surface area contributed by atoms with E-state index in [2.05, 4.69) is 10.3 Å². The number of amides is 1. The second-order valence-electron chi connectivity index (χ2n) is 4.82. The lowest BCUT2D eigenvalue weighted by Crippen LogP contribution is -2.14. The van der Waals surface area contributed by atoms with Crippen LogP contribution in [0.1, 0.15) is 16.7 Å². The summed E-state index contributed by atoms with van der Waals surface area (Å²) in [5.41, 5.74) is 4.61. The largest absolute Gasteiger partial charge is 0.320 e. The van der Waals surface area contributed by atoms with Crippen molar-refractivity contribution in [3.05, 3.63) is 58.1 Å². The third kappa shape index (κ3) is 2.00. The molecule has 0 radical (unpaired) electrons. The standard InChI is InChI=1S/C16H13ClN2O/c1-9-5-3-4-6-12(9)18-15-13-11(17)8-7-10(2)14(13)19-16(15)20/h3-8H,1-2H3,(H,18,19,20). The van der Waals surface area contributed by atoms with Gasteiger partial charge in [-0.25, -0.2) is 4.99 Å². The lowest BCUT2D eigenvalue weighted by molar-refractivity contribution is -0.110. The van der Waals surface area contributed by atoms with Crippen molar-refractivity contribution in [2.24, 2.45) is 4.99 Å². The van der Waals surface area contributed by atoms with Crippen LogP contribution in [-0.2, 0) is 4.79 Å². The van der Waals surface area contributed by atoms with E-state index < -0.39 is 0 Å². The van der Waals surface area contributed by atoms with Crippen molar-refractivity contribution in [1.82, 2.24) is 0 Å². The number of hydrogen-bond acceptors (Lipinski definition) is 2. The lowest BCUT2D eigenvalue weighted by atomic mass is 10.1. The quantitative estimate of drug-likeness (QED) is 0.844. The number of para-hydroxylation sites is 1. The number of nitrogens with zero attached hydrogens (tertiary/aromatic N) is 1. The van der Waals surface area contributed by atoms with Crippen LogP contribution in [0, 0.1) is 13.8 Å². The second kappa shape index (κ2) is 4.76. The molecule has 1 N–H and O–H groups in total. The fourth-order valence-corrected chi connectivity index (χ4v) is 2.52. The molecule has 0 unspecified atom stereocenters. The number of carbonyl (C=O) groups excluding carboxylic acids is 1. The molecule has 0 saturated carbocycles. The van der Waals surface area contributed by atoms with Gasteiger partial charge < -0.3 is 5.32 Å². The van der Waals surface area contributed by atoms with Crippen molar-refractivity contribution in [1.29, 1.82) is 0 Å². The highest BCUT2D eigenvalue weighted by atomic mass is 35.5. The predicted molar refractivity (Wildman–Crippen MR) is 82.2 cm³/mol. The van der Waals surface area contributed by atoms with E-state index in [4.69, 9.17) is 11.6 Å². The van der Waals surface area contributed by atoms with Crippen LogP contribution in [-0.4, -0.2) is 11.6 Å². The third-order valence-corrected chi connectivity index (χ3v) is 3.72. The molecule has 1 amide bonds. The lowest BCUT2D eigenvalue weighted by Gasteiger charge is -2.05. The molecule has 0 bridgehead atoms. The Kier molecular flexibility index (Phi) is 3.07. The maximum atomic E-state index is 12.2. The van der Waals surface area contributed by atoms with Gasteiger partial charge in [-0.05, 0) is 37.1 Å². The molecule has 1 aliphatic rings. The van der Waals surface area contributed by atoms with Crippen LogP contribution in [0.2, 0.25) is 5.02 Å². The monoisotopic (exact) mass is 284 g/mol. The van der Waals surface area contributed by atoms with E-state index in [0.29, 0.717) is 16.3 Å². The first-order valence-electron chi connectivity index (χ1n) is 6.33. The minimum absolute atomic E-state index is 0.209. The van der Waals surface area contributed by atoms with Crippen molar-refractivity contribution in [2.45, 2.75) is 13.8 Å². The van der Waals surface area contributed by atoms with Crippen molar-refractivity contribution >= 4 is 34.6 Å². The van der Waals surface area contributed by atoms with Gasteiger partial charge in [0.1, 0.15) is 5.71 Å². The Morgan fingerprint density at radius 2 is 1.80 bits per heavy atom. The first-order valence-corrected chi connectivity index (χ1v) is 6.71. The molecule has 2 aromatic carbocycles. The van der Waals surface area contributed by atoms with Crippen LogP contribution in [0.4, 0.5) is 11.4 Å². The smallest absolute Gasteiger partial charge is 0.275 e. The number of halogens is 1. The molecule has 4 heteroatoms. The SMILES string of the molecule is Cc1ccccc1N=C1C(=O)Nc2c(C)ccc(Cl)c21. The fourth-order valence-electron chi connectivity index (χ4n) is 2.28. The van der Waals surface area contributed by atoms with E-state index in [0.717, 1.165) is 22.5 Å². The van der Waals surface area contributed by atoms with Gasteiger partial charge in [-0.1, -0.05) is 35.9 Å². The highest BCUT2D eigenvalue weighted by molar-refractivity contribution is 6.57. The van der Waals surface area contributed by atoms with Gasteiger partial charge in [-0.2, -0.15) is 0 Å². The Labute approximate surface area is 122 Å². The Bertz CT molecular complexity index is 750. The number of anilines is 1. The van der Waals surface area contributed by atoms with E-state index in [1.54, 1.807) is 6.07 Å². The van der Waals surface area contributed by atoms with Crippen molar-refractivity contribution in [3.63, 3.8) is 0 Å². The summed E-state index contributed by atoms with van der Waals surface area (Å²) < 4.78 is 0. The number of fused-ring (bicyclic) bond motifs is 1. The average Bonchev–Trinajstić information content (AvgIpc) is 2.75. The molecule has 2 aromatic rings. The molecule has 0 aromatic heterocycles. The average molecular weight is 285 g/mol. The first-order chi connectivity index (χ1) is 9.58. The number of carbonyl (C=O) groups is 1. The van der Waals surface area contributed by atoms with Crippen LogP contribution >= 0.6 is 11.6 Å². The number of benzene rings is 2. The number of hydrogen-bond donors (Lipinski definition) is 1. The molecule has 1 aliphatic heterocycles. The Hall–Kier alpha value is -2.13. The number of nitrogens with one attached hydrogen (secondary N) is 1. The minimum Gasteiger partial charge on any atom is -0.320 e. The summed E-state index contributed by atoms with van der Waals surface area (Å²) >= 11 is 6.23. The normalized spacial score (nSPS) is 15.3. The Balaban J connectivity index is 2.21. The topological polar surface area (TPSA) is 41.5 Å². The van der Waals surface area contributed by atoms with Crippen molar-refractivity contribution in [3.8, 4) is 0 Å². The van der Waals surface area contributed by atoms with Crippen molar-refractivity contribution in [2.75, 3.05) is 5.32 Å². The molecular weight excluding hydrogens is 272 g/mol. The molecule has 0 spiro atoms. The van der Waals surface area contributed by atoms with Crippen LogP contribution in [0.3, 0.4) is 0 Å².